The van der Waals surface area contributed by atoms with Crippen LogP contribution >= 0.6 is 0 Å². The molecule has 1 heterocycles. The van der Waals surface area contributed by atoms with Crippen molar-refractivity contribution in [3.05, 3.63) is 90.3 Å². The van der Waals surface area contributed by atoms with Crippen LogP contribution in [-0.4, -0.2) is 16.2 Å². The van der Waals surface area contributed by atoms with Crippen LogP contribution in [0.4, 0.5) is 0 Å². The first-order chi connectivity index (χ1) is 11.8. The Morgan fingerprint density at radius 3 is 2.33 bits per heavy atom. The Bertz CT molecular complexity index is 836. The molecule has 0 atom stereocenters. The van der Waals surface area contributed by atoms with E-state index in [0.29, 0.717) is 5.56 Å². The lowest BCUT2D eigenvalue weighted by molar-refractivity contribution is 0.0955. The molecule has 0 fully saturated rings. The molecule has 120 valence electrons. The average molecular weight is 317 g/mol. The Kier molecular flexibility index (Phi) is 4.87. The fraction of sp³-hybridized carbons (Fsp3) is 0.100. The van der Waals surface area contributed by atoms with Gasteiger partial charge in [-0.3, -0.25) is 4.79 Å². The van der Waals surface area contributed by atoms with E-state index in [4.69, 9.17) is 0 Å². The van der Waals surface area contributed by atoms with Crippen LogP contribution in [0, 0.1) is 0 Å². The van der Waals surface area contributed by atoms with Crippen molar-refractivity contribution in [1.29, 1.82) is 0 Å². The monoisotopic (exact) mass is 317 g/mol. The molecular formula is C20H19N3O. The van der Waals surface area contributed by atoms with Crippen molar-refractivity contribution in [2.75, 3.05) is 0 Å². The molecule has 0 aliphatic heterocycles. The second-order valence-electron chi connectivity index (χ2n) is 5.33. The molecule has 2 aromatic carbocycles. The standard InChI is InChI=1S/C20H19N3O/c1-2-18(16-10-4-3-5-11-16)21-22-20(24)17-12-6-7-13-19(17)23-14-8-9-15-23/h3-15H,2H2,1H3,(H,22,24)/b21-18+. The van der Waals surface area contributed by atoms with Gasteiger partial charge in [-0.2, -0.15) is 5.10 Å². The van der Waals surface area contributed by atoms with Crippen LogP contribution in [-0.2, 0) is 0 Å². The van der Waals surface area contributed by atoms with Gasteiger partial charge in [0.25, 0.3) is 5.91 Å². The van der Waals surface area contributed by atoms with Crippen LogP contribution in [0.25, 0.3) is 5.69 Å². The predicted octanol–water partition coefficient (Wildman–Crippen LogP) is 4.02. The zero-order valence-corrected chi connectivity index (χ0v) is 13.5. The number of hydrogen-bond donors (Lipinski definition) is 1. The maximum atomic E-state index is 12.6. The highest BCUT2D eigenvalue weighted by molar-refractivity contribution is 6.03. The number of benzene rings is 2. The van der Waals surface area contributed by atoms with Gasteiger partial charge in [-0.05, 0) is 36.2 Å². The van der Waals surface area contributed by atoms with Gasteiger partial charge in [0.2, 0.25) is 0 Å². The van der Waals surface area contributed by atoms with Crippen molar-refractivity contribution >= 4 is 11.6 Å². The Hall–Kier alpha value is -3.14. The third-order valence-electron chi connectivity index (χ3n) is 3.77. The molecule has 1 N–H and O–H groups in total. The highest BCUT2D eigenvalue weighted by atomic mass is 16.2. The van der Waals surface area contributed by atoms with Gasteiger partial charge in [0.1, 0.15) is 0 Å². The first-order valence-corrected chi connectivity index (χ1v) is 7.94. The van der Waals surface area contributed by atoms with E-state index in [1.807, 2.05) is 84.5 Å². The molecule has 3 aromatic rings. The summed E-state index contributed by atoms with van der Waals surface area (Å²) in [6.07, 6.45) is 4.57. The molecule has 0 saturated carbocycles. The van der Waals surface area contributed by atoms with Crippen LogP contribution in [0.5, 0.6) is 0 Å². The van der Waals surface area contributed by atoms with Crippen molar-refractivity contribution in [1.82, 2.24) is 9.99 Å². The summed E-state index contributed by atoms with van der Waals surface area (Å²) in [6.45, 7) is 2.02. The second kappa shape index (κ2) is 7.42. The summed E-state index contributed by atoms with van der Waals surface area (Å²) in [5.74, 6) is -0.221. The molecule has 1 aromatic heterocycles. The Morgan fingerprint density at radius 1 is 0.958 bits per heavy atom. The summed E-state index contributed by atoms with van der Waals surface area (Å²) >= 11 is 0. The SMILES string of the molecule is CC/C(=N\NC(=O)c1ccccc1-n1cccc1)c1ccccc1. The highest BCUT2D eigenvalue weighted by Crippen LogP contribution is 2.14. The van der Waals surface area contributed by atoms with Gasteiger partial charge in [-0.15, -0.1) is 0 Å². The molecule has 4 heteroatoms. The van der Waals surface area contributed by atoms with E-state index in [9.17, 15) is 4.79 Å². The summed E-state index contributed by atoms with van der Waals surface area (Å²) < 4.78 is 1.91. The fourth-order valence-corrected chi connectivity index (χ4v) is 2.54. The number of carbonyl (C=O) groups is 1. The smallest absolute Gasteiger partial charge is 0.273 e. The number of aromatic nitrogens is 1. The quantitative estimate of drug-likeness (QED) is 0.560. The number of hydrogen-bond acceptors (Lipinski definition) is 2. The van der Waals surface area contributed by atoms with Crippen LogP contribution < -0.4 is 5.43 Å². The summed E-state index contributed by atoms with van der Waals surface area (Å²) in [6, 6.07) is 21.2. The Labute approximate surface area is 141 Å². The zero-order chi connectivity index (χ0) is 16.8. The van der Waals surface area contributed by atoms with Crippen LogP contribution in [0.1, 0.15) is 29.3 Å². The summed E-state index contributed by atoms with van der Waals surface area (Å²) in [7, 11) is 0. The van der Waals surface area contributed by atoms with E-state index in [1.165, 1.54) is 0 Å². The van der Waals surface area contributed by atoms with Crippen molar-refractivity contribution < 1.29 is 4.79 Å². The lowest BCUT2D eigenvalue weighted by Gasteiger charge is -2.10. The highest BCUT2D eigenvalue weighted by Gasteiger charge is 2.11. The van der Waals surface area contributed by atoms with E-state index < -0.39 is 0 Å². The van der Waals surface area contributed by atoms with E-state index in [0.717, 1.165) is 23.4 Å². The minimum Gasteiger partial charge on any atom is -0.323 e. The van der Waals surface area contributed by atoms with Gasteiger partial charge in [-0.25, -0.2) is 5.43 Å². The lowest BCUT2D eigenvalue weighted by Crippen LogP contribution is -2.21. The first kappa shape index (κ1) is 15.7. The Morgan fingerprint density at radius 2 is 1.62 bits per heavy atom. The van der Waals surface area contributed by atoms with Crippen LogP contribution in [0.2, 0.25) is 0 Å². The molecular weight excluding hydrogens is 298 g/mol. The van der Waals surface area contributed by atoms with Gasteiger partial charge in [0.15, 0.2) is 0 Å². The third kappa shape index (κ3) is 3.43. The van der Waals surface area contributed by atoms with Gasteiger partial charge < -0.3 is 4.57 Å². The number of para-hydroxylation sites is 1. The van der Waals surface area contributed by atoms with E-state index in [1.54, 1.807) is 6.07 Å². The molecule has 0 aliphatic rings. The number of nitrogens with zero attached hydrogens (tertiary/aromatic N) is 2. The molecule has 3 rings (SSSR count). The lowest BCUT2D eigenvalue weighted by atomic mass is 10.1. The van der Waals surface area contributed by atoms with Crippen LogP contribution in [0.15, 0.2) is 84.2 Å². The van der Waals surface area contributed by atoms with Gasteiger partial charge in [-0.1, -0.05) is 49.4 Å². The number of carbonyl (C=O) groups excluding carboxylic acids is 1. The van der Waals surface area contributed by atoms with Gasteiger partial charge >= 0.3 is 0 Å². The van der Waals surface area contributed by atoms with E-state index in [2.05, 4.69) is 10.5 Å². The normalized spacial score (nSPS) is 11.3. The van der Waals surface area contributed by atoms with Crippen molar-refractivity contribution in [2.45, 2.75) is 13.3 Å². The molecule has 0 bridgehead atoms. The molecule has 0 aliphatic carbocycles. The number of rotatable bonds is 5. The van der Waals surface area contributed by atoms with Gasteiger partial charge in [0, 0.05) is 12.4 Å². The molecule has 0 unspecified atom stereocenters. The second-order valence-corrected chi connectivity index (χ2v) is 5.33. The number of amides is 1. The van der Waals surface area contributed by atoms with Gasteiger partial charge in [0.05, 0.1) is 17.0 Å². The summed E-state index contributed by atoms with van der Waals surface area (Å²) in [4.78, 5) is 12.6. The maximum absolute atomic E-state index is 12.6. The summed E-state index contributed by atoms with van der Waals surface area (Å²) in [5, 5.41) is 4.32. The van der Waals surface area contributed by atoms with Crippen molar-refractivity contribution in [3.63, 3.8) is 0 Å². The average Bonchev–Trinajstić information content (AvgIpc) is 3.17. The minimum absolute atomic E-state index is 0.221. The summed E-state index contributed by atoms with van der Waals surface area (Å²) in [5.41, 5.74) is 5.96. The molecule has 0 spiro atoms. The first-order valence-electron chi connectivity index (χ1n) is 7.94. The number of nitrogens with one attached hydrogen (secondary N) is 1. The van der Waals surface area contributed by atoms with Crippen molar-refractivity contribution in [3.8, 4) is 5.69 Å². The topological polar surface area (TPSA) is 46.4 Å². The molecule has 0 saturated heterocycles. The maximum Gasteiger partial charge on any atom is 0.273 e. The molecule has 0 radical (unpaired) electrons. The fourth-order valence-electron chi connectivity index (χ4n) is 2.54. The Balaban J connectivity index is 1.85. The molecule has 24 heavy (non-hydrogen) atoms. The molecule has 4 nitrogen and oxygen atoms in total. The van der Waals surface area contributed by atoms with Crippen LogP contribution in [0.3, 0.4) is 0 Å². The predicted molar refractivity (Wildman–Crippen MR) is 96.5 cm³/mol. The largest absolute Gasteiger partial charge is 0.323 e. The van der Waals surface area contributed by atoms with E-state index >= 15 is 0 Å². The number of hydrazone groups is 1. The van der Waals surface area contributed by atoms with E-state index in [-0.39, 0.29) is 5.91 Å². The molecule has 1 amide bonds. The van der Waals surface area contributed by atoms with Crippen molar-refractivity contribution in [2.24, 2.45) is 5.10 Å². The third-order valence-corrected chi connectivity index (χ3v) is 3.77. The zero-order valence-electron chi connectivity index (χ0n) is 13.5. The minimum atomic E-state index is -0.221.